The number of hydrogen-bond acceptors (Lipinski definition) is 3. The van der Waals surface area contributed by atoms with Gasteiger partial charge in [-0.3, -0.25) is 4.68 Å². The maximum absolute atomic E-state index is 5.79. The van der Waals surface area contributed by atoms with Crippen molar-refractivity contribution in [3.05, 3.63) is 16.9 Å². The first kappa shape index (κ1) is 9.39. The highest BCUT2D eigenvalue weighted by Gasteiger charge is 1.99. The summed E-state index contributed by atoms with van der Waals surface area (Å²) in [4.78, 5) is 3.77. The number of isothiocyanates is 1. The molecule has 0 bridgehead atoms. The summed E-state index contributed by atoms with van der Waals surface area (Å²) in [5.74, 6) is 0. The van der Waals surface area contributed by atoms with Crippen molar-refractivity contribution in [3.8, 4) is 0 Å². The van der Waals surface area contributed by atoms with Crippen LogP contribution in [-0.4, -0.2) is 21.5 Å². The third-order valence-electron chi connectivity index (χ3n) is 1.39. The van der Waals surface area contributed by atoms with E-state index in [-0.39, 0.29) is 0 Å². The lowest BCUT2D eigenvalue weighted by atomic mass is 10.5. The minimum atomic E-state index is 0.598. The molecule has 0 amide bonds. The van der Waals surface area contributed by atoms with Crippen molar-refractivity contribution >= 4 is 29.0 Å². The van der Waals surface area contributed by atoms with E-state index in [1.165, 1.54) is 0 Å². The number of halogens is 1. The molecule has 0 saturated carbocycles. The average Bonchev–Trinajstić information content (AvgIpc) is 2.32. The van der Waals surface area contributed by atoms with E-state index in [0.717, 1.165) is 5.69 Å². The van der Waals surface area contributed by atoms with Crippen LogP contribution in [0, 0.1) is 6.92 Å². The second-order valence-corrected chi connectivity index (χ2v) is 2.89. The van der Waals surface area contributed by atoms with Gasteiger partial charge in [0.25, 0.3) is 0 Å². The van der Waals surface area contributed by atoms with Gasteiger partial charge in [-0.25, -0.2) is 4.99 Å². The quantitative estimate of drug-likeness (QED) is 0.553. The van der Waals surface area contributed by atoms with Crippen molar-refractivity contribution in [3.63, 3.8) is 0 Å². The van der Waals surface area contributed by atoms with Gasteiger partial charge in [0.15, 0.2) is 0 Å². The normalized spacial score (nSPS) is 9.50. The van der Waals surface area contributed by atoms with Crippen molar-refractivity contribution in [2.24, 2.45) is 4.99 Å². The number of nitrogens with zero attached hydrogens (tertiary/aromatic N) is 3. The molecule has 1 heterocycles. The number of thiocarbonyl (C=S) groups is 1. The molecule has 0 aliphatic carbocycles. The summed E-state index contributed by atoms with van der Waals surface area (Å²) in [5.41, 5.74) is 0.836. The van der Waals surface area contributed by atoms with E-state index < -0.39 is 0 Å². The fourth-order valence-electron chi connectivity index (χ4n) is 0.806. The predicted octanol–water partition coefficient (Wildman–Crippen LogP) is 1.95. The molecule has 0 N–H and O–H groups in total. The van der Waals surface area contributed by atoms with Crippen LogP contribution in [0.2, 0.25) is 5.02 Å². The predicted molar refractivity (Wildman–Crippen MR) is 51.9 cm³/mol. The van der Waals surface area contributed by atoms with E-state index >= 15 is 0 Å². The van der Waals surface area contributed by atoms with E-state index in [9.17, 15) is 0 Å². The van der Waals surface area contributed by atoms with Gasteiger partial charge in [0.1, 0.15) is 0 Å². The topological polar surface area (TPSA) is 30.2 Å². The van der Waals surface area contributed by atoms with Crippen LogP contribution in [0.4, 0.5) is 0 Å². The Labute approximate surface area is 81.1 Å². The lowest BCUT2D eigenvalue weighted by Gasteiger charge is -1.93. The zero-order valence-electron chi connectivity index (χ0n) is 6.62. The molecule has 0 spiro atoms. The molecule has 3 nitrogen and oxygen atoms in total. The van der Waals surface area contributed by atoms with Gasteiger partial charge in [-0.15, -0.1) is 0 Å². The highest BCUT2D eigenvalue weighted by molar-refractivity contribution is 7.78. The highest BCUT2D eigenvalue weighted by atomic mass is 35.5. The SMILES string of the molecule is Cc1nn(CCN=C=S)cc1Cl. The Morgan fingerprint density at radius 2 is 2.58 bits per heavy atom. The number of aryl methyl sites for hydroxylation is 1. The van der Waals surface area contributed by atoms with Crippen LogP contribution in [0.3, 0.4) is 0 Å². The van der Waals surface area contributed by atoms with Gasteiger partial charge in [0.05, 0.1) is 29.0 Å². The second-order valence-electron chi connectivity index (χ2n) is 2.30. The summed E-state index contributed by atoms with van der Waals surface area (Å²) in [5, 5.41) is 7.12. The van der Waals surface area contributed by atoms with E-state index in [2.05, 4.69) is 27.5 Å². The summed E-state index contributed by atoms with van der Waals surface area (Å²) < 4.78 is 1.74. The summed E-state index contributed by atoms with van der Waals surface area (Å²) in [6.45, 7) is 3.15. The second kappa shape index (κ2) is 4.36. The number of rotatable bonds is 3. The van der Waals surface area contributed by atoms with Crippen molar-refractivity contribution < 1.29 is 0 Å². The van der Waals surface area contributed by atoms with Crippen LogP contribution < -0.4 is 0 Å². The first-order valence-corrected chi connectivity index (χ1v) is 4.26. The average molecular weight is 202 g/mol. The lowest BCUT2D eigenvalue weighted by Crippen LogP contribution is -2.01. The number of aromatic nitrogens is 2. The van der Waals surface area contributed by atoms with E-state index in [4.69, 9.17) is 11.6 Å². The van der Waals surface area contributed by atoms with Gasteiger partial charge in [0, 0.05) is 6.20 Å². The van der Waals surface area contributed by atoms with Crippen LogP contribution in [0.25, 0.3) is 0 Å². The molecule has 64 valence electrons. The molecule has 1 aromatic heterocycles. The fourth-order valence-corrected chi connectivity index (χ4v) is 1.05. The molecule has 5 heteroatoms. The number of aliphatic imine (C=N–C) groups is 1. The first-order valence-electron chi connectivity index (χ1n) is 3.47. The molecular weight excluding hydrogens is 194 g/mol. The minimum absolute atomic E-state index is 0.598. The van der Waals surface area contributed by atoms with Crippen LogP contribution in [-0.2, 0) is 6.54 Å². The molecule has 1 aromatic rings. The molecule has 0 aromatic carbocycles. The Kier molecular flexibility index (Phi) is 3.41. The molecule has 0 aliphatic heterocycles. The van der Waals surface area contributed by atoms with E-state index in [1.54, 1.807) is 10.9 Å². The van der Waals surface area contributed by atoms with Gasteiger partial charge in [0.2, 0.25) is 0 Å². The zero-order chi connectivity index (χ0) is 8.97. The fraction of sp³-hybridized carbons (Fsp3) is 0.429. The molecule has 0 aliphatic rings. The van der Waals surface area contributed by atoms with Crippen molar-refractivity contribution in [1.82, 2.24) is 9.78 Å². The van der Waals surface area contributed by atoms with Gasteiger partial charge in [-0.05, 0) is 19.1 Å². The third-order valence-corrected chi connectivity index (χ3v) is 1.89. The molecular formula is C7H8ClN3S. The molecule has 1 rings (SSSR count). The molecule has 0 radical (unpaired) electrons. The van der Waals surface area contributed by atoms with Crippen LogP contribution >= 0.6 is 23.8 Å². The summed E-state index contributed by atoms with van der Waals surface area (Å²) >= 11 is 10.2. The van der Waals surface area contributed by atoms with Crippen molar-refractivity contribution in [1.29, 1.82) is 0 Å². The summed E-state index contributed by atoms with van der Waals surface area (Å²) in [6.07, 6.45) is 1.77. The Morgan fingerprint density at radius 1 is 1.83 bits per heavy atom. The maximum Gasteiger partial charge on any atom is 0.0814 e. The summed E-state index contributed by atoms with van der Waals surface area (Å²) in [6, 6.07) is 0. The lowest BCUT2D eigenvalue weighted by molar-refractivity contribution is 0.622. The largest absolute Gasteiger partial charge is 0.269 e. The Hall–Kier alpha value is -0.700. The van der Waals surface area contributed by atoms with Gasteiger partial charge >= 0.3 is 0 Å². The van der Waals surface area contributed by atoms with Gasteiger partial charge in [-0.1, -0.05) is 11.6 Å². The van der Waals surface area contributed by atoms with Crippen LogP contribution in [0.15, 0.2) is 11.2 Å². The standard InChI is InChI=1S/C7H8ClN3S/c1-6-7(8)4-11(10-6)3-2-9-5-12/h4H,2-3H2,1H3. The van der Waals surface area contributed by atoms with Crippen molar-refractivity contribution in [2.45, 2.75) is 13.5 Å². The monoisotopic (exact) mass is 201 g/mol. The van der Waals surface area contributed by atoms with E-state index in [1.807, 2.05) is 6.92 Å². The smallest absolute Gasteiger partial charge is 0.0814 e. The molecule has 0 unspecified atom stereocenters. The van der Waals surface area contributed by atoms with Gasteiger partial charge in [-0.2, -0.15) is 5.10 Å². The van der Waals surface area contributed by atoms with Crippen LogP contribution in [0.5, 0.6) is 0 Å². The van der Waals surface area contributed by atoms with E-state index in [0.29, 0.717) is 18.1 Å². The first-order chi connectivity index (χ1) is 5.74. The molecule has 0 fully saturated rings. The molecule has 0 atom stereocenters. The number of hydrogen-bond donors (Lipinski definition) is 0. The highest BCUT2D eigenvalue weighted by Crippen LogP contribution is 2.11. The van der Waals surface area contributed by atoms with Crippen LogP contribution in [0.1, 0.15) is 5.69 Å². The Morgan fingerprint density at radius 3 is 3.08 bits per heavy atom. The Bertz CT molecular complexity index is 295. The molecule has 12 heavy (non-hydrogen) atoms. The Balaban J connectivity index is 2.58. The minimum Gasteiger partial charge on any atom is -0.269 e. The summed E-state index contributed by atoms with van der Waals surface area (Å²) in [7, 11) is 0. The molecule has 0 saturated heterocycles. The zero-order valence-corrected chi connectivity index (χ0v) is 8.19. The van der Waals surface area contributed by atoms with Crippen molar-refractivity contribution in [2.75, 3.05) is 6.54 Å². The maximum atomic E-state index is 5.79. The third kappa shape index (κ3) is 2.41. The van der Waals surface area contributed by atoms with Gasteiger partial charge < -0.3 is 0 Å².